The third-order valence-corrected chi connectivity index (χ3v) is 6.45. The average molecular weight is 510 g/mol. The number of carboxylic acid groups (broad SMARTS) is 1. The molecule has 3 amide bonds. The molecule has 1 aliphatic heterocycles. The number of para-hydroxylation sites is 1. The third-order valence-electron chi connectivity index (χ3n) is 6.45. The number of rotatable bonds is 11. The van der Waals surface area contributed by atoms with E-state index in [0.717, 1.165) is 29.4 Å². The van der Waals surface area contributed by atoms with Gasteiger partial charge in [0.1, 0.15) is 18.1 Å². The monoisotopic (exact) mass is 509 g/mol. The second-order valence-electron chi connectivity index (χ2n) is 9.18. The van der Waals surface area contributed by atoms with E-state index in [4.69, 9.17) is 0 Å². The van der Waals surface area contributed by atoms with E-state index >= 15 is 0 Å². The van der Waals surface area contributed by atoms with E-state index in [1.165, 1.54) is 13.3 Å². The molecule has 1 fully saturated rings. The average Bonchev–Trinajstić information content (AvgIpc) is 3.65. The number of hydrogen-bond acceptors (Lipinski definition) is 6. The maximum atomic E-state index is 13.1. The van der Waals surface area contributed by atoms with Crippen LogP contribution >= 0.6 is 0 Å². The highest BCUT2D eigenvalue weighted by Gasteiger charge is 2.30. The molecule has 4 unspecified atom stereocenters. The maximum absolute atomic E-state index is 13.1. The van der Waals surface area contributed by atoms with Crippen LogP contribution < -0.4 is 21.3 Å². The number of imidazole rings is 1. The highest BCUT2D eigenvalue weighted by molar-refractivity contribution is 5.94. The van der Waals surface area contributed by atoms with Gasteiger partial charge >= 0.3 is 5.97 Å². The van der Waals surface area contributed by atoms with Crippen molar-refractivity contribution in [3.63, 3.8) is 0 Å². The van der Waals surface area contributed by atoms with Gasteiger partial charge < -0.3 is 36.3 Å². The van der Waals surface area contributed by atoms with Gasteiger partial charge in [0.05, 0.1) is 12.4 Å². The summed E-state index contributed by atoms with van der Waals surface area (Å²) in [6.45, 7) is 2.20. The Morgan fingerprint density at radius 2 is 1.86 bits per heavy atom. The number of H-pyrrole nitrogens is 2. The van der Waals surface area contributed by atoms with Gasteiger partial charge in [-0.15, -0.1) is 0 Å². The third kappa shape index (κ3) is 6.53. The lowest BCUT2D eigenvalue weighted by atomic mass is 10.0. The van der Waals surface area contributed by atoms with Crippen molar-refractivity contribution in [2.45, 2.75) is 56.8 Å². The van der Waals surface area contributed by atoms with Crippen LogP contribution in [0.3, 0.4) is 0 Å². The second kappa shape index (κ2) is 11.7. The van der Waals surface area contributed by atoms with Gasteiger partial charge in [0, 0.05) is 41.8 Å². The number of carbonyl (C=O) groups excluding carboxylic acids is 3. The van der Waals surface area contributed by atoms with Crippen molar-refractivity contribution < 1.29 is 24.3 Å². The molecule has 4 atom stereocenters. The Morgan fingerprint density at radius 3 is 2.57 bits per heavy atom. The molecule has 37 heavy (non-hydrogen) atoms. The molecule has 4 rings (SSSR count). The van der Waals surface area contributed by atoms with Crippen LogP contribution in [-0.2, 0) is 32.0 Å². The Morgan fingerprint density at radius 1 is 1.05 bits per heavy atom. The lowest BCUT2D eigenvalue weighted by Gasteiger charge is -2.23. The molecule has 0 bridgehead atoms. The number of aromatic nitrogens is 3. The van der Waals surface area contributed by atoms with E-state index in [2.05, 4.69) is 36.2 Å². The normalized spacial score (nSPS) is 17.6. The Bertz CT molecular complexity index is 1250. The lowest BCUT2D eigenvalue weighted by Crippen LogP contribution is -2.57. The Labute approximate surface area is 213 Å². The smallest absolute Gasteiger partial charge is 0.326 e. The molecular formula is C25H31N7O5. The zero-order valence-electron chi connectivity index (χ0n) is 20.4. The predicted molar refractivity (Wildman–Crippen MR) is 134 cm³/mol. The maximum Gasteiger partial charge on any atom is 0.326 e. The SMILES string of the molecule is CC(NC(=O)C(Cc1cnc[nH]1)NC(=O)C1CCCN1)C(=O)NC(Cc1c[nH]c2ccccc12)C(=O)O. The van der Waals surface area contributed by atoms with Crippen molar-refractivity contribution in [1.82, 2.24) is 36.2 Å². The minimum atomic E-state index is -1.19. The standard InChI is InChI=1S/C25H31N7O5/c1-14(22(33)32-21(25(36)37)9-15-11-28-18-6-3-2-5-17(15)18)30-24(35)20(10-16-12-26-13-29-16)31-23(34)19-7-4-8-27-19/h2-3,5-6,11-14,19-21,27-28H,4,7-10H2,1H3,(H,26,29)(H,30,35)(H,31,34)(H,32,33)(H,36,37). The largest absolute Gasteiger partial charge is 0.480 e. The summed E-state index contributed by atoms with van der Waals surface area (Å²) in [7, 11) is 0. The Balaban J connectivity index is 1.39. The summed E-state index contributed by atoms with van der Waals surface area (Å²) in [6, 6.07) is 3.92. The fraction of sp³-hybridized carbons (Fsp3) is 0.400. The molecule has 1 saturated heterocycles. The number of carboxylic acids is 1. The van der Waals surface area contributed by atoms with E-state index in [9.17, 15) is 24.3 Å². The molecule has 1 aromatic carbocycles. The van der Waals surface area contributed by atoms with E-state index in [0.29, 0.717) is 12.1 Å². The summed E-state index contributed by atoms with van der Waals surface area (Å²) in [5, 5.41) is 21.6. The van der Waals surface area contributed by atoms with Crippen molar-refractivity contribution >= 4 is 34.6 Å². The molecule has 7 N–H and O–H groups in total. The number of benzene rings is 1. The molecular weight excluding hydrogens is 478 g/mol. The number of fused-ring (bicyclic) bond motifs is 1. The van der Waals surface area contributed by atoms with Gasteiger partial charge in [-0.2, -0.15) is 0 Å². The second-order valence-corrected chi connectivity index (χ2v) is 9.18. The summed E-state index contributed by atoms with van der Waals surface area (Å²) in [5.41, 5.74) is 2.26. The van der Waals surface area contributed by atoms with Crippen molar-refractivity contribution in [1.29, 1.82) is 0 Å². The topological polar surface area (TPSA) is 181 Å². The fourth-order valence-electron chi connectivity index (χ4n) is 4.40. The number of amides is 3. The van der Waals surface area contributed by atoms with E-state index < -0.39 is 35.9 Å². The van der Waals surface area contributed by atoms with Crippen LogP contribution in [0.15, 0.2) is 43.0 Å². The van der Waals surface area contributed by atoms with Gasteiger partial charge in [0.15, 0.2) is 0 Å². The van der Waals surface area contributed by atoms with Gasteiger partial charge in [-0.25, -0.2) is 9.78 Å². The molecule has 196 valence electrons. The molecule has 0 aliphatic carbocycles. The Hall–Kier alpha value is -4.19. The molecule has 2 aromatic heterocycles. The highest BCUT2D eigenvalue weighted by Crippen LogP contribution is 2.19. The van der Waals surface area contributed by atoms with E-state index in [-0.39, 0.29) is 24.8 Å². The molecule has 0 spiro atoms. The van der Waals surface area contributed by atoms with Gasteiger partial charge in [-0.1, -0.05) is 18.2 Å². The van der Waals surface area contributed by atoms with Gasteiger partial charge in [-0.05, 0) is 37.9 Å². The zero-order chi connectivity index (χ0) is 26.4. The van der Waals surface area contributed by atoms with Crippen molar-refractivity contribution in [2.75, 3.05) is 6.54 Å². The number of aliphatic carboxylic acids is 1. The summed E-state index contributed by atoms with van der Waals surface area (Å²) in [5.74, 6) is -2.69. The molecule has 0 saturated carbocycles. The van der Waals surface area contributed by atoms with E-state index in [1.807, 2.05) is 24.3 Å². The zero-order valence-corrected chi connectivity index (χ0v) is 20.4. The van der Waals surface area contributed by atoms with Crippen LogP contribution in [0.25, 0.3) is 10.9 Å². The summed E-state index contributed by atoms with van der Waals surface area (Å²) >= 11 is 0. The Kier molecular flexibility index (Phi) is 8.18. The van der Waals surface area contributed by atoms with Crippen LogP contribution in [0.1, 0.15) is 31.0 Å². The first-order valence-corrected chi connectivity index (χ1v) is 12.2. The van der Waals surface area contributed by atoms with Crippen LogP contribution in [0.5, 0.6) is 0 Å². The van der Waals surface area contributed by atoms with Crippen LogP contribution in [0.2, 0.25) is 0 Å². The lowest BCUT2D eigenvalue weighted by molar-refractivity contribution is -0.142. The minimum absolute atomic E-state index is 0.0681. The molecule has 1 aliphatic rings. The molecule has 3 aromatic rings. The van der Waals surface area contributed by atoms with E-state index in [1.54, 1.807) is 12.4 Å². The molecule has 3 heterocycles. The van der Waals surface area contributed by atoms with Gasteiger partial charge in [-0.3, -0.25) is 14.4 Å². The first-order valence-electron chi connectivity index (χ1n) is 12.2. The van der Waals surface area contributed by atoms with Crippen LogP contribution in [0.4, 0.5) is 0 Å². The molecule has 12 heteroatoms. The number of aromatic amines is 2. The van der Waals surface area contributed by atoms with Crippen molar-refractivity contribution in [3.05, 3.63) is 54.2 Å². The number of hydrogen-bond donors (Lipinski definition) is 7. The van der Waals surface area contributed by atoms with Crippen molar-refractivity contribution in [2.24, 2.45) is 0 Å². The van der Waals surface area contributed by atoms with Crippen LogP contribution in [-0.4, -0.2) is 74.5 Å². The highest BCUT2D eigenvalue weighted by atomic mass is 16.4. The molecule has 12 nitrogen and oxygen atoms in total. The summed E-state index contributed by atoms with van der Waals surface area (Å²) < 4.78 is 0. The molecule has 0 radical (unpaired) electrons. The number of nitrogens with zero attached hydrogens (tertiary/aromatic N) is 1. The van der Waals surface area contributed by atoms with Crippen LogP contribution in [0, 0.1) is 0 Å². The van der Waals surface area contributed by atoms with Gasteiger partial charge in [0.25, 0.3) is 0 Å². The number of carbonyl (C=O) groups is 4. The fourth-order valence-corrected chi connectivity index (χ4v) is 4.40. The predicted octanol–water partition coefficient (Wildman–Crippen LogP) is -0.0129. The first kappa shape index (κ1) is 25.9. The van der Waals surface area contributed by atoms with Crippen molar-refractivity contribution in [3.8, 4) is 0 Å². The van der Waals surface area contributed by atoms with Gasteiger partial charge in [0.2, 0.25) is 17.7 Å². The number of nitrogens with one attached hydrogen (secondary N) is 6. The summed E-state index contributed by atoms with van der Waals surface area (Å²) in [4.78, 5) is 60.4. The summed E-state index contributed by atoms with van der Waals surface area (Å²) in [6.07, 6.45) is 6.51. The quantitative estimate of drug-likeness (QED) is 0.190. The minimum Gasteiger partial charge on any atom is -0.480 e. The first-order chi connectivity index (χ1) is 17.8.